The van der Waals surface area contributed by atoms with E-state index in [2.05, 4.69) is 53.7 Å². The van der Waals surface area contributed by atoms with Crippen LogP contribution in [0.15, 0.2) is 24.4 Å². The van der Waals surface area contributed by atoms with Crippen molar-refractivity contribution in [1.82, 2.24) is 4.98 Å². The van der Waals surface area contributed by atoms with E-state index in [9.17, 15) is 0 Å². The number of hydrogen-bond donors (Lipinski definition) is 0. The van der Waals surface area contributed by atoms with E-state index in [0.29, 0.717) is 5.92 Å². The van der Waals surface area contributed by atoms with E-state index in [4.69, 9.17) is 4.98 Å². The summed E-state index contributed by atoms with van der Waals surface area (Å²) in [7, 11) is 0. The molecule has 0 aliphatic heterocycles. The molecule has 2 aromatic rings. The molecule has 1 aromatic heterocycles. The Morgan fingerprint density at radius 1 is 1.20 bits per heavy atom. The molecule has 0 spiro atoms. The van der Waals surface area contributed by atoms with Crippen LogP contribution in [0.5, 0.6) is 0 Å². The fourth-order valence-electron chi connectivity index (χ4n) is 4.66. The van der Waals surface area contributed by atoms with Crippen LogP contribution in [0.2, 0.25) is 0 Å². The van der Waals surface area contributed by atoms with Gasteiger partial charge in [-0.25, -0.2) is 4.39 Å². The molecule has 1 heterocycles. The van der Waals surface area contributed by atoms with Crippen LogP contribution in [0.3, 0.4) is 0 Å². The predicted molar refractivity (Wildman–Crippen MR) is 102 cm³/mol. The Labute approximate surface area is 149 Å². The van der Waals surface area contributed by atoms with Gasteiger partial charge in [0, 0.05) is 28.0 Å². The zero-order chi connectivity index (χ0) is 18.1. The van der Waals surface area contributed by atoms with Crippen molar-refractivity contribution in [2.45, 2.75) is 58.8 Å². The predicted octanol–water partition coefficient (Wildman–Crippen LogP) is 4.45. The molecule has 130 valence electrons. The van der Waals surface area contributed by atoms with Crippen LogP contribution >= 0.6 is 0 Å². The maximum atomic E-state index is 15.1. The van der Waals surface area contributed by atoms with Crippen molar-refractivity contribution >= 4 is 11.6 Å². The van der Waals surface area contributed by atoms with E-state index in [1.807, 2.05) is 12.3 Å². The van der Waals surface area contributed by atoms with Crippen molar-refractivity contribution in [3.63, 3.8) is 0 Å². The molecule has 0 bridgehead atoms. The molecule has 1 saturated carbocycles. The second kappa shape index (κ2) is 5.03. The Kier molecular flexibility index (Phi) is 3.32. The normalized spacial score (nSPS) is 27.1. The fourth-order valence-corrected chi connectivity index (χ4v) is 4.66. The largest absolute Gasteiger partial charge is 0.256 e. The lowest BCUT2D eigenvalue weighted by Gasteiger charge is -2.36. The van der Waals surface area contributed by atoms with Crippen LogP contribution in [-0.2, 0) is 10.8 Å². The molecular formula is C23H26FN. The van der Waals surface area contributed by atoms with Gasteiger partial charge in [0.25, 0.3) is 0 Å². The van der Waals surface area contributed by atoms with Crippen LogP contribution in [-0.4, -0.2) is 4.98 Å². The van der Waals surface area contributed by atoms with E-state index in [1.165, 1.54) is 21.6 Å². The van der Waals surface area contributed by atoms with Gasteiger partial charge >= 0.3 is 0 Å². The molecule has 2 aliphatic carbocycles. The number of hydrogen-bond acceptors (Lipinski definition) is 1. The molecule has 1 aromatic carbocycles. The van der Waals surface area contributed by atoms with E-state index < -0.39 is 0 Å². The summed E-state index contributed by atoms with van der Waals surface area (Å²) >= 11 is 0. The molecule has 2 aliphatic rings. The molecule has 0 radical (unpaired) electrons. The minimum atomic E-state index is -0.349. The van der Waals surface area contributed by atoms with Crippen molar-refractivity contribution in [3.8, 4) is 11.3 Å². The van der Waals surface area contributed by atoms with Crippen molar-refractivity contribution < 1.29 is 4.39 Å². The second-order valence-electron chi connectivity index (χ2n) is 8.53. The Hall–Kier alpha value is -1.96. The van der Waals surface area contributed by atoms with Gasteiger partial charge in [-0.05, 0) is 54.5 Å². The average molecular weight is 335 g/mol. The molecule has 1 fully saturated rings. The minimum Gasteiger partial charge on any atom is -0.256 e. The average Bonchev–Trinajstić information content (AvgIpc) is 3.19. The number of aromatic nitrogens is 1. The fraction of sp³-hybridized carbons (Fsp3) is 0.435. The first kappa shape index (κ1) is 16.5. The summed E-state index contributed by atoms with van der Waals surface area (Å²) < 4.78 is 15.1. The summed E-state index contributed by atoms with van der Waals surface area (Å²) in [6.07, 6.45) is 5.14. The van der Waals surface area contributed by atoms with Gasteiger partial charge in [0.15, 0.2) is 0 Å². The molecule has 0 saturated heterocycles. The number of halogens is 1. The first-order valence-corrected chi connectivity index (χ1v) is 9.20. The zero-order valence-corrected chi connectivity index (χ0v) is 16.0. The van der Waals surface area contributed by atoms with Crippen molar-refractivity contribution in [2.75, 3.05) is 0 Å². The summed E-state index contributed by atoms with van der Waals surface area (Å²) in [5, 5.41) is 2.37. The number of rotatable bonds is 1. The van der Waals surface area contributed by atoms with Crippen molar-refractivity contribution in [1.29, 1.82) is 0 Å². The molecular weight excluding hydrogens is 309 g/mol. The van der Waals surface area contributed by atoms with Gasteiger partial charge in [-0.3, -0.25) is 4.98 Å². The number of nitrogens with zero attached hydrogens (tertiary/aromatic N) is 1. The van der Waals surface area contributed by atoms with Crippen molar-refractivity contribution in [2.24, 2.45) is 5.92 Å². The van der Waals surface area contributed by atoms with Gasteiger partial charge in [0.05, 0.1) is 5.69 Å². The molecule has 0 N–H and O–H groups in total. The van der Waals surface area contributed by atoms with Gasteiger partial charge < -0.3 is 0 Å². The van der Waals surface area contributed by atoms with Crippen LogP contribution in [0, 0.1) is 11.7 Å². The van der Waals surface area contributed by atoms with Gasteiger partial charge in [-0.2, -0.15) is 0 Å². The summed E-state index contributed by atoms with van der Waals surface area (Å²) in [6.45, 7) is 13.1. The maximum absolute atomic E-state index is 15.1. The third kappa shape index (κ3) is 2.03. The highest BCUT2D eigenvalue weighted by Gasteiger charge is 2.51. The van der Waals surface area contributed by atoms with Crippen molar-refractivity contribution in [3.05, 3.63) is 51.8 Å². The van der Waals surface area contributed by atoms with E-state index in [1.54, 1.807) is 6.07 Å². The maximum Gasteiger partial charge on any atom is 0.127 e. The standard InChI is InChI=1S/C23H26FN/c1-7-15-10-11-25-21-18(15)14(3)22(4,5)20-17(24)9-8-16(19(20)21)23(6)12-13(23)2/h7-11,13H,12H2,1-6H3/b15-7-. The first-order chi connectivity index (χ1) is 11.7. The molecule has 2 heteroatoms. The van der Waals surface area contributed by atoms with Crippen LogP contribution in [0.25, 0.3) is 22.9 Å². The first-order valence-electron chi connectivity index (χ1n) is 9.20. The number of fused-ring (bicyclic) bond motifs is 3. The van der Waals surface area contributed by atoms with E-state index in [0.717, 1.165) is 23.2 Å². The number of pyridine rings is 1. The third-order valence-corrected chi connectivity index (χ3v) is 6.90. The SMILES string of the molecule is C/C=c1/ccnc2c1=C(C)C(C)(C)c1c(F)ccc(C3(C)CC3C)c1-2. The number of benzene rings is 1. The smallest absolute Gasteiger partial charge is 0.127 e. The van der Waals surface area contributed by atoms with Gasteiger partial charge in [0.1, 0.15) is 5.82 Å². The zero-order valence-electron chi connectivity index (χ0n) is 16.0. The van der Waals surface area contributed by atoms with Gasteiger partial charge in [-0.1, -0.05) is 45.4 Å². The molecule has 2 atom stereocenters. The van der Waals surface area contributed by atoms with Crippen LogP contribution < -0.4 is 10.4 Å². The van der Waals surface area contributed by atoms with E-state index >= 15 is 4.39 Å². The minimum absolute atomic E-state index is 0.113. The highest BCUT2D eigenvalue weighted by Crippen LogP contribution is 2.57. The summed E-state index contributed by atoms with van der Waals surface area (Å²) in [4.78, 5) is 4.75. The quantitative estimate of drug-likeness (QED) is 0.750. The monoisotopic (exact) mass is 335 g/mol. The van der Waals surface area contributed by atoms with Crippen LogP contribution in [0.1, 0.15) is 59.1 Å². The lowest BCUT2D eigenvalue weighted by Crippen LogP contribution is -2.40. The Morgan fingerprint density at radius 2 is 1.88 bits per heavy atom. The Morgan fingerprint density at radius 3 is 2.48 bits per heavy atom. The molecule has 1 nitrogen and oxygen atoms in total. The second-order valence-corrected chi connectivity index (χ2v) is 8.53. The molecule has 2 unspecified atom stereocenters. The lowest BCUT2D eigenvalue weighted by atomic mass is 9.68. The molecule has 0 amide bonds. The van der Waals surface area contributed by atoms with Gasteiger partial charge in [0.2, 0.25) is 0 Å². The third-order valence-electron chi connectivity index (χ3n) is 6.90. The Bertz CT molecular complexity index is 1020. The van der Waals surface area contributed by atoms with E-state index in [-0.39, 0.29) is 16.6 Å². The topological polar surface area (TPSA) is 12.9 Å². The molecule has 4 rings (SSSR count). The van der Waals surface area contributed by atoms with Gasteiger partial charge in [-0.15, -0.1) is 0 Å². The summed E-state index contributed by atoms with van der Waals surface area (Å²) in [5.74, 6) is 0.514. The highest BCUT2D eigenvalue weighted by molar-refractivity contribution is 5.82. The summed E-state index contributed by atoms with van der Waals surface area (Å²) in [6, 6.07) is 5.73. The lowest BCUT2D eigenvalue weighted by molar-refractivity contribution is 0.558. The molecule has 25 heavy (non-hydrogen) atoms. The van der Waals surface area contributed by atoms with Crippen LogP contribution in [0.4, 0.5) is 4.39 Å². The Balaban J connectivity index is 2.23. The summed E-state index contributed by atoms with van der Waals surface area (Å²) in [5.41, 5.74) is 5.05. The highest BCUT2D eigenvalue weighted by atomic mass is 19.1.